The molecule has 3 rings (SSSR count). The van der Waals surface area contributed by atoms with Gasteiger partial charge in [-0.05, 0) is 41.0 Å². The Morgan fingerprint density at radius 3 is 2.57 bits per heavy atom. The molecule has 1 aliphatic rings. The van der Waals surface area contributed by atoms with Crippen molar-refractivity contribution in [1.29, 1.82) is 0 Å². The Hall–Kier alpha value is -1.83. The zero-order chi connectivity index (χ0) is 14.8. The summed E-state index contributed by atoms with van der Waals surface area (Å²) >= 11 is 0. The SMILES string of the molecule is C[C@H](c1ccc2ccccc2c1)[C@H]1CCCC[C@@H]1C(=O)O. The smallest absolute Gasteiger partial charge is 0.306 e. The second-order valence-electron chi connectivity index (χ2n) is 6.29. The van der Waals surface area contributed by atoms with E-state index in [2.05, 4.69) is 43.3 Å². The van der Waals surface area contributed by atoms with Crippen molar-refractivity contribution in [3.63, 3.8) is 0 Å². The van der Waals surface area contributed by atoms with Gasteiger partial charge in [0.1, 0.15) is 0 Å². The number of carbonyl (C=O) groups is 1. The highest BCUT2D eigenvalue weighted by Crippen LogP contribution is 2.40. The van der Waals surface area contributed by atoms with Crippen LogP contribution in [-0.2, 0) is 4.79 Å². The number of fused-ring (bicyclic) bond motifs is 1. The second kappa shape index (κ2) is 5.88. The summed E-state index contributed by atoms with van der Waals surface area (Å²) in [5, 5.41) is 12.0. The summed E-state index contributed by atoms with van der Waals surface area (Å²) in [7, 11) is 0. The molecule has 0 aromatic heterocycles. The Kier molecular flexibility index (Phi) is 3.96. The first-order valence-corrected chi connectivity index (χ1v) is 7.88. The van der Waals surface area contributed by atoms with Gasteiger partial charge < -0.3 is 5.11 Å². The maximum absolute atomic E-state index is 11.5. The van der Waals surface area contributed by atoms with Crippen LogP contribution in [0, 0.1) is 11.8 Å². The highest BCUT2D eigenvalue weighted by molar-refractivity contribution is 5.83. The van der Waals surface area contributed by atoms with Gasteiger partial charge >= 0.3 is 5.97 Å². The highest BCUT2D eigenvalue weighted by atomic mass is 16.4. The first-order valence-electron chi connectivity index (χ1n) is 7.88. The van der Waals surface area contributed by atoms with Gasteiger partial charge in [0, 0.05) is 0 Å². The summed E-state index contributed by atoms with van der Waals surface area (Å²) in [6.45, 7) is 2.19. The molecule has 0 unspecified atom stereocenters. The van der Waals surface area contributed by atoms with Crippen LogP contribution in [-0.4, -0.2) is 11.1 Å². The quantitative estimate of drug-likeness (QED) is 0.875. The van der Waals surface area contributed by atoms with Crippen LogP contribution in [0.4, 0.5) is 0 Å². The number of aliphatic carboxylic acids is 1. The average molecular weight is 282 g/mol. The molecule has 0 amide bonds. The maximum Gasteiger partial charge on any atom is 0.306 e. The third-order valence-electron chi connectivity index (χ3n) is 5.08. The van der Waals surface area contributed by atoms with Crippen molar-refractivity contribution >= 4 is 16.7 Å². The van der Waals surface area contributed by atoms with Gasteiger partial charge in [-0.2, -0.15) is 0 Å². The molecule has 1 aliphatic carbocycles. The zero-order valence-electron chi connectivity index (χ0n) is 12.5. The molecule has 0 saturated heterocycles. The van der Waals surface area contributed by atoms with Gasteiger partial charge in [-0.3, -0.25) is 4.79 Å². The van der Waals surface area contributed by atoms with Crippen LogP contribution in [0.25, 0.3) is 10.8 Å². The van der Waals surface area contributed by atoms with Crippen LogP contribution in [0.1, 0.15) is 44.1 Å². The van der Waals surface area contributed by atoms with Crippen molar-refractivity contribution in [2.75, 3.05) is 0 Å². The van der Waals surface area contributed by atoms with Crippen molar-refractivity contribution in [2.24, 2.45) is 11.8 Å². The van der Waals surface area contributed by atoms with Crippen LogP contribution in [0.15, 0.2) is 42.5 Å². The van der Waals surface area contributed by atoms with Crippen LogP contribution in [0.3, 0.4) is 0 Å². The molecule has 2 heteroatoms. The van der Waals surface area contributed by atoms with Gasteiger partial charge in [0.25, 0.3) is 0 Å². The number of rotatable bonds is 3. The monoisotopic (exact) mass is 282 g/mol. The van der Waals surface area contributed by atoms with Crippen LogP contribution >= 0.6 is 0 Å². The Morgan fingerprint density at radius 1 is 1.10 bits per heavy atom. The molecule has 3 atom stereocenters. The molecule has 1 N–H and O–H groups in total. The standard InChI is InChI=1S/C19H22O2/c1-13(17-8-4-5-9-18(17)19(20)21)15-11-10-14-6-2-3-7-16(14)12-15/h2-3,6-7,10-13,17-18H,4-5,8-9H2,1H3,(H,20,21)/t13-,17-,18+/m1/s1. The van der Waals surface area contributed by atoms with E-state index in [-0.39, 0.29) is 11.8 Å². The van der Waals surface area contributed by atoms with E-state index in [1.54, 1.807) is 0 Å². The number of hydrogen-bond donors (Lipinski definition) is 1. The van der Waals surface area contributed by atoms with Crippen LogP contribution in [0.5, 0.6) is 0 Å². The van der Waals surface area contributed by atoms with Crippen molar-refractivity contribution < 1.29 is 9.90 Å². The predicted octanol–water partition coefficient (Wildman–Crippen LogP) is 4.83. The van der Waals surface area contributed by atoms with E-state index < -0.39 is 5.97 Å². The third-order valence-corrected chi connectivity index (χ3v) is 5.08. The minimum absolute atomic E-state index is 0.180. The Balaban J connectivity index is 1.91. The first-order chi connectivity index (χ1) is 10.2. The lowest BCUT2D eigenvalue weighted by atomic mass is 9.71. The summed E-state index contributed by atoms with van der Waals surface area (Å²) in [6, 6.07) is 14.9. The lowest BCUT2D eigenvalue weighted by Crippen LogP contribution is -2.30. The van der Waals surface area contributed by atoms with Gasteiger partial charge in [-0.1, -0.05) is 62.2 Å². The van der Waals surface area contributed by atoms with Gasteiger partial charge in [0.05, 0.1) is 5.92 Å². The van der Waals surface area contributed by atoms with E-state index >= 15 is 0 Å². The number of carboxylic acid groups (broad SMARTS) is 1. The summed E-state index contributed by atoms with van der Waals surface area (Å²) in [4.78, 5) is 11.5. The van der Waals surface area contributed by atoms with E-state index in [9.17, 15) is 9.90 Å². The zero-order valence-corrected chi connectivity index (χ0v) is 12.5. The average Bonchev–Trinajstić information content (AvgIpc) is 2.53. The van der Waals surface area contributed by atoms with Crippen LogP contribution < -0.4 is 0 Å². The van der Waals surface area contributed by atoms with E-state index in [1.165, 1.54) is 16.3 Å². The van der Waals surface area contributed by atoms with Gasteiger partial charge in [-0.25, -0.2) is 0 Å². The van der Waals surface area contributed by atoms with Crippen LogP contribution in [0.2, 0.25) is 0 Å². The van der Waals surface area contributed by atoms with Crippen molar-refractivity contribution in [2.45, 2.75) is 38.5 Å². The minimum Gasteiger partial charge on any atom is -0.481 e. The van der Waals surface area contributed by atoms with E-state index in [0.29, 0.717) is 5.92 Å². The molecule has 21 heavy (non-hydrogen) atoms. The summed E-state index contributed by atoms with van der Waals surface area (Å²) in [5.41, 5.74) is 1.27. The van der Waals surface area contributed by atoms with Gasteiger partial charge in [0.15, 0.2) is 0 Å². The summed E-state index contributed by atoms with van der Waals surface area (Å²) in [6.07, 6.45) is 4.08. The second-order valence-corrected chi connectivity index (χ2v) is 6.29. The fourth-order valence-corrected chi connectivity index (χ4v) is 3.80. The van der Waals surface area contributed by atoms with E-state index in [4.69, 9.17) is 0 Å². The molecule has 0 aliphatic heterocycles. The van der Waals surface area contributed by atoms with Crippen molar-refractivity contribution in [3.05, 3.63) is 48.0 Å². The molecule has 0 spiro atoms. The third kappa shape index (κ3) is 2.80. The lowest BCUT2D eigenvalue weighted by Gasteiger charge is -2.33. The van der Waals surface area contributed by atoms with Gasteiger partial charge in [0.2, 0.25) is 0 Å². The number of carboxylic acids is 1. The molecular formula is C19H22O2. The molecule has 110 valence electrons. The predicted molar refractivity (Wildman–Crippen MR) is 85.4 cm³/mol. The minimum atomic E-state index is -0.618. The molecule has 2 nitrogen and oxygen atoms in total. The van der Waals surface area contributed by atoms with E-state index in [0.717, 1.165) is 25.7 Å². The molecular weight excluding hydrogens is 260 g/mol. The normalized spacial score (nSPS) is 23.9. The van der Waals surface area contributed by atoms with E-state index in [1.807, 2.05) is 6.07 Å². The Morgan fingerprint density at radius 2 is 1.81 bits per heavy atom. The summed E-state index contributed by atoms with van der Waals surface area (Å²) in [5.74, 6) is -0.235. The molecule has 1 fully saturated rings. The molecule has 0 bridgehead atoms. The maximum atomic E-state index is 11.5. The highest BCUT2D eigenvalue weighted by Gasteiger charge is 2.34. The molecule has 0 heterocycles. The fourth-order valence-electron chi connectivity index (χ4n) is 3.80. The molecule has 2 aromatic rings. The van der Waals surface area contributed by atoms with Crippen molar-refractivity contribution in [3.8, 4) is 0 Å². The lowest BCUT2D eigenvalue weighted by molar-refractivity contribution is -0.145. The van der Waals surface area contributed by atoms with Gasteiger partial charge in [-0.15, -0.1) is 0 Å². The topological polar surface area (TPSA) is 37.3 Å². The molecule has 2 aromatic carbocycles. The van der Waals surface area contributed by atoms with Crippen molar-refractivity contribution in [1.82, 2.24) is 0 Å². The summed E-state index contributed by atoms with van der Waals surface area (Å²) < 4.78 is 0. The largest absolute Gasteiger partial charge is 0.481 e. The Bertz CT molecular complexity index is 647. The molecule has 1 saturated carbocycles. The number of hydrogen-bond acceptors (Lipinski definition) is 1. The fraction of sp³-hybridized carbons (Fsp3) is 0.421. The molecule has 0 radical (unpaired) electrons. The Labute approximate surface area is 125 Å². The first kappa shape index (κ1) is 14.1. The number of benzene rings is 2.